The largest absolute Gasteiger partial charge is 0.480 e. The number of aromatic nitrogens is 2. The summed E-state index contributed by atoms with van der Waals surface area (Å²) in [5.41, 5.74) is 6.42. The first-order chi connectivity index (χ1) is 13.6. The molecule has 0 amide bonds. The standard InChI is InChI=1S/C18H18Cl2F3N3O2S/c19-11-1-2-12(14(20)7-11)10-8-25-16(26-9-10)13(18(21,22)23)3-5-29-6-4-15(24)17(27)28/h1-2,7-9,13,15H,3-6,24H2,(H,27,28). The highest BCUT2D eigenvalue weighted by Gasteiger charge is 2.42. The number of hydrogen-bond acceptors (Lipinski definition) is 5. The van der Waals surface area contributed by atoms with Gasteiger partial charge in [-0.2, -0.15) is 24.9 Å². The number of thioether (sulfide) groups is 1. The Morgan fingerprint density at radius 3 is 2.34 bits per heavy atom. The lowest BCUT2D eigenvalue weighted by Gasteiger charge is -2.19. The first kappa shape index (κ1) is 23.7. The minimum absolute atomic E-state index is 0.171. The molecule has 2 aromatic rings. The van der Waals surface area contributed by atoms with Crippen molar-refractivity contribution >= 4 is 40.9 Å². The van der Waals surface area contributed by atoms with Gasteiger partial charge in [-0.15, -0.1) is 0 Å². The van der Waals surface area contributed by atoms with Gasteiger partial charge in [0.25, 0.3) is 0 Å². The Morgan fingerprint density at radius 1 is 1.17 bits per heavy atom. The summed E-state index contributed by atoms with van der Waals surface area (Å²) in [7, 11) is 0. The van der Waals surface area contributed by atoms with Gasteiger partial charge < -0.3 is 10.8 Å². The van der Waals surface area contributed by atoms with Gasteiger partial charge in [0.2, 0.25) is 0 Å². The minimum atomic E-state index is -4.50. The lowest BCUT2D eigenvalue weighted by molar-refractivity contribution is -0.152. The van der Waals surface area contributed by atoms with Crippen LogP contribution in [0.2, 0.25) is 10.0 Å². The molecule has 0 radical (unpaired) electrons. The maximum atomic E-state index is 13.5. The molecule has 29 heavy (non-hydrogen) atoms. The average molecular weight is 468 g/mol. The molecule has 2 rings (SSSR count). The van der Waals surface area contributed by atoms with Crippen molar-refractivity contribution in [1.29, 1.82) is 0 Å². The van der Waals surface area contributed by atoms with E-state index in [4.69, 9.17) is 34.0 Å². The summed E-state index contributed by atoms with van der Waals surface area (Å²) < 4.78 is 40.4. The summed E-state index contributed by atoms with van der Waals surface area (Å²) in [6.45, 7) is 0. The molecule has 11 heteroatoms. The minimum Gasteiger partial charge on any atom is -0.480 e. The van der Waals surface area contributed by atoms with E-state index in [0.717, 1.165) is 0 Å². The number of aliphatic carboxylic acids is 1. The highest BCUT2D eigenvalue weighted by atomic mass is 35.5. The van der Waals surface area contributed by atoms with Gasteiger partial charge in [0, 0.05) is 33.6 Å². The SMILES string of the molecule is NC(CCSCCC(c1ncc(-c2ccc(Cl)cc2Cl)cn1)C(F)(F)F)C(=O)O. The van der Waals surface area contributed by atoms with E-state index in [0.29, 0.717) is 26.9 Å². The number of carboxylic acid groups (broad SMARTS) is 1. The van der Waals surface area contributed by atoms with Crippen LogP contribution in [0.3, 0.4) is 0 Å². The fourth-order valence-electron chi connectivity index (χ4n) is 2.46. The Labute approximate surface area is 179 Å². The van der Waals surface area contributed by atoms with Gasteiger partial charge in [-0.1, -0.05) is 29.3 Å². The number of rotatable bonds is 9. The summed E-state index contributed by atoms with van der Waals surface area (Å²) >= 11 is 13.2. The van der Waals surface area contributed by atoms with E-state index < -0.39 is 24.1 Å². The normalized spacial score (nSPS) is 13.9. The van der Waals surface area contributed by atoms with Crippen LogP contribution in [0.4, 0.5) is 13.2 Å². The molecule has 5 nitrogen and oxygen atoms in total. The van der Waals surface area contributed by atoms with Crippen molar-refractivity contribution in [3.8, 4) is 11.1 Å². The zero-order chi connectivity index (χ0) is 21.6. The van der Waals surface area contributed by atoms with Gasteiger partial charge in [-0.25, -0.2) is 9.97 Å². The second-order valence-electron chi connectivity index (χ2n) is 6.18. The lowest BCUT2D eigenvalue weighted by atomic mass is 10.0. The van der Waals surface area contributed by atoms with E-state index in [-0.39, 0.29) is 24.4 Å². The van der Waals surface area contributed by atoms with Gasteiger partial charge in [0.1, 0.15) is 17.8 Å². The number of nitrogens with two attached hydrogens (primary N) is 1. The molecule has 0 bridgehead atoms. The van der Waals surface area contributed by atoms with Gasteiger partial charge >= 0.3 is 12.1 Å². The molecular formula is C18H18Cl2F3N3O2S. The zero-order valence-corrected chi connectivity index (χ0v) is 17.3. The third kappa shape index (κ3) is 7.02. The molecule has 1 aromatic carbocycles. The molecule has 0 saturated carbocycles. The van der Waals surface area contributed by atoms with Crippen LogP contribution in [0.5, 0.6) is 0 Å². The molecule has 3 N–H and O–H groups in total. The molecule has 0 aliphatic carbocycles. The Kier molecular flexibility index (Phi) is 8.57. The van der Waals surface area contributed by atoms with Gasteiger partial charge in [-0.05, 0) is 36.5 Å². The van der Waals surface area contributed by atoms with E-state index in [1.165, 1.54) is 30.2 Å². The van der Waals surface area contributed by atoms with Crippen molar-refractivity contribution in [3.05, 3.63) is 46.5 Å². The monoisotopic (exact) mass is 467 g/mol. The summed E-state index contributed by atoms with van der Waals surface area (Å²) in [5, 5.41) is 9.49. The Hall–Kier alpha value is -1.55. The van der Waals surface area contributed by atoms with Crippen molar-refractivity contribution in [2.75, 3.05) is 11.5 Å². The lowest BCUT2D eigenvalue weighted by Crippen LogP contribution is -2.30. The molecule has 1 aromatic heterocycles. The summed E-state index contributed by atoms with van der Waals surface area (Å²) in [4.78, 5) is 18.5. The molecule has 1 heterocycles. The number of carbonyl (C=O) groups is 1. The third-order valence-corrected chi connectivity index (χ3v) is 5.66. The average Bonchev–Trinajstić information content (AvgIpc) is 2.63. The van der Waals surface area contributed by atoms with Crippen LogP contribution in [0.1, 0.15) is 24.6 Å². The summed E-state index contributed by atoms with van der Waals surface area (Å²) in [6.07, 6.45) is -1.94. The van der Waals surface area contributed by atoms with Crippen LogP contribution in [-0.4, -0.2) is 44.8 Å². The second-order valence-corrected chi connectivity index (χ2v) is 8.25. The molecule has 0 aliphatic heterocycles. The fourth-order valence-corrected chi connectivity index (χ4v) is 4.00. The van der Waals surface area contributed by atoms with Crippen molar-refractivity contribution in [2.24, 2.45) is 5.73 Å². The molecule has 158 valence electrons. The fraction of sp³-hybridized carbons (Fsp3) is 0.389. The zero-order valence-electron chi connectivity index (χ0n) is 15.0. The molecular weight excluding hydrogens is 450 g/mol. The summed E-state index contributed by atoms with van der Waals surface area (Å²) in [6, 6.07) is 3.76. The molecule has 0 fully saturated rings. The maximum absolute atomic E-state index is 13.5. The number of halogens is 5. The molecule has 0 spiro atoms. The maximum Gasteiger partial charge on any atom is 0.398 e. The van der Waals surface area contributed by atoms with Crippen molar-refractivity contribution in [2.45, 2.75) is 31.0 Å². The van der Waals surface area contributed by atoms with E-state index in [9.17, 15) is 18.0 Å². The van der Waals surface area contributed by atoms with Crippen LogP contribution < -0.4 is 5.73 Å². The first-order valence-corrected chi connectivity index (χ1v) is 10.4. The predicted octanol–water partition coefficient (Wildman–Crippen LogP) is 5.02. The number of hydrogen-bond donors (Lipinski definition) is 2. The highest BCUT2D eigenvalue weighted by molar-refractivity contribution is 7.99. The number of nitrogens with zero attached hydrogens (tertiary/aromatic N) is 2. The van der Waals surface area contributed by atoms with E-state index >= 15 is 0 Å². The second kappa shape index (κ2) is 10.5. The van der Waals surface area contributed by atoms with Gasteiger partial charge in [0.15, 0.2) is 0 Å². The Bertz CT molecular complexity index is 838. The van der Waals surface area contributed by atoms with Crippen LogP contribution >= 0.6 is 35.0 Å². The third-order valence-electron chi connectivity index (χ3n) is 4.06. The van der Waals surface area contributed by atoms with Crippen molar-refractivity contribution in [3.63, 3.8) is 0 Å². The predicted molar refractivity (Wildman–Crippen MR) is 108 cm³/mol. The highest BCUT2D eigenvalue weighted by Crippen LogP contribution is 2.37. The van der Waals surface area contributed by atoms with Crippen molar-refractivity contribution in [1.82, 2.24) is 9.97 Å². The molecule has 0 saturated heterocycles. The van der Waals surface area contributed by atoms with Crippen LogP contribution in [-0.2, 0) is 4.79 Å². The Morgan fingerprint density at radius 2 is 1.79 bits per heavy atom. The van der Waals surface area contributed by atoms with E-state index in [1.807, 2.05) is 0 Å². The topological polar surface area (TPSA) is 89.1 Å². The summed E-state index contributed by atoms with van der Waals surface area (Å²) in [5.74, 6) is -2.75. The van der Waals surface area contributed by atoms with Gasteiger partial charge in [-0.3, -0.25) is 4.79 Å². The van der Waals surface area contributed by atoms with Crippen LogP contribution in [0.25, 0.3) is 11.1 Å². The number of benzene rings is 1. The van der Waals surface area contributed by atoms with Crippen LogP contribution in [0.15, 0.2) is 30.6 Å². The van der Waals surface area contributed by atoms with Crippen LogP contribution in [0, 0.1) is 0 Å². The molecule has 2 atom stereocenters. The number of alkyl halides is 3. The number of carboxylic acids is 1. The smallest absolute Gasteiger partial charge is 0.398 e. The Balaban J connectivity index is 2.04. The first-order valence-electron chi connectivity index (χ1n) is 8.49. The van der Waals surface area contributed by atoms with Crippen molar-refractivity contribution < 1.29 is 23.1 Å². The molecule has 0 aliphatic rings. The van der Waals surface area contributed by atoms with E-state index in [2.05, 4.69) is 9.97 Å². The molecule has 2 unspecified atom stereocenters. The quantitative estimate of drug-likeness (QED) is 0.503. The van der Waals surface area contributed by atoms with E-state index in [1.54, 1.807) is 12.1 Å². The van der Waals surface area contributed by atoms with Gasteiger partial charge in [0.05, 0.1) is 0 Å².